The zero-order valence-corrected chi connectivity index (χ0v) is 18.9. The normalized spacial score (nSPS) is 23.7. The molecule has 2 aliphatic rings. The first-order chi connectivity index (χ1) is 15.5. The Hall–Kier alpha value is -3.06. The summed E-state index contributed by atoms with van der Waals surface area (Å²) in [5, 5.41) is 0.743. The number of nitrogens with two attached hydrogens (primary N) is 1. The average molecular weight is 450 g/mol. The smallest absolute Gasteiger partial charge is 0.267 e. The molecular formula is C25H27N3O3S. The third-order valence-corrected chi connectivity index (χ3v) is 6.76. The summed E-state index contributed by atoms with van der Waals surface area (Å²) in [5.41, 5.74) is 6.84. The standard InChI is InChI=1S/C25H27N3O3S/c1-17-7-5-6-10-21(17)28-24(30)22(32-25(28)27-19-8-3-2-4-9-19)15-18-11-13-20(14-12-18)31-16-23(26)29/h2-4,8-9,11-15,17,21H,5-7,10,16H2,1H3,(H2,26,29)/b22-15-,27-25?/t17-,21-/m0/s1. The van der Waals surface area contributed by atoms with Crippen molar-refractivity contribution >= 4 is 40.5 Å². The third kappa shape index (κ3) is 5.22. The molecule has 166 valence electrons. The lowest BCUT2D eigenvalue weighted by atomic mass is 9.85. The van der Waals surface area contributed by atoms with Crippen LogP contribution in [-0.4, -0.2) is 34.5 Å². The number of nitrogens with zero attached hydrogens (tertiary/aromatic N) is 2. The molecule has 0 bridgehead atoms. The zero-order chi connectivity index (χ0) is 22.5. The van der Waals surface area contributed by atoms with E-state index in [1.807, 2.05) is 53.4 Å². The molecule has 7 heteroatoms. The highest BCUT2D eigenvalue weighted by atomic mass is 32.2. The molecule has 1 saturated carbocycles. The van der Waals surface area contributed by atoms with Crippen molar-refractivity contribution in [1.82, 2.24) is 4.90 Å². The fraction of sp³-hybridized carbons (Fsp3) is 0.320. The van der Waals surface area contributed by atoms with Crippen molar-refractivity contribution in [3.8, 4) is 5.75 Å². The summed E-state index contributed by atoms with van der Waals surface area (Å²) in [7, 11) is 0. The number of carbonyl (C=O) groups excluding carboxylic acids is 2. The number of carbonyl (C=O) groups is 2. The van der Waals surface area contributed by atoms with Crippen LogP contribution in [0.5, 0.6) is 5.75 Å². The molecule has 2 aromatic carbocycles. The predicted molar refractivity (Wildman–Crippen MR) is 129 cm³/mol. The van der Waals surface area contributed by atoms with Crippen LogP contribution in [0, 0.1) is 5.92 Å². The van der Waals surface area contributed by atoms with Gasteiger partial charge in [-0.15, -0.1) is 0 Å². The number of aliphatic imine (C=N–C) groups is 1. The molecule has 2 atom stereocenters. The Bertz CT molecular complexity index is 1030. The number of para-hydroxylation sites is 1. The summed E-state index contributed by atoms with van der Waals surface area (Å²) in [4.78, 5) is 31.8. The van der Waals surface area contributed by atoms with Gasteiger partial charge < -0.3 is 10.5 Å². The van der Waals surface area contributed by atoms with Gasteiger partial charge in [0.15, 0.2) is 11.8 Å². The van der Waals surface area contributed by atoms with Gasteiger partial charge in [0.05, 0.1) is 10.6 Å². The second-order valence-corrected chi connectivity index (χ2v) is 9.18. The number of amidine groups is 1. The summed E-state index contributed by atoms with van der Waals surface area (Å²) >= 11 is 1.43. The van der Waals surface area contributed by atoms with Gasteiger partial charge in [0, 0.05) is 6.04 Å². The Labute approximate surface area is 192 Å². The summed E-state index contributed by atoms with van der Waals surface area (Å²) in [6, 6.07) is 17.2. The maximum atomic E-state index is 13.5. The van der Waals surface area contributed by atoms with E-state index in [-0.39, 0.29) is 18.6 Å². The second-order valence-electron chi connectivity index (χ2n) is 8.17. The van der Waals surface area contributed by atoms with Crippen LogP contribution in [0.2, 0.25) is 0 Å². The van der Waals surface area contributed by atoms with Crippen molar-refractivity contribution in [3.05, 3.63) is 65.1 Å². The minimum atomic E-state index is -0.522. The highest BCUT2D eigenvalue weighted by Gasteiger charge is 2.41. The molecule has 0 unspecified atom stereocenters. The van der Waals surface area contributed by atoms with Crippen LogP contribution in [0.1, 0.15) is 38.2 Å². The van der Waals surface area contributed by atoms with Crippen LogP contribution in [-0.2, 0) is 9.59 Å². The molecule has 2 aromatic rings. The van der Waals surface area contributed by atoms with E-state index in [0.29, 0.717) is 16.6 Å². The van der Waals surface area contributed by atoms with Gasteiger partial charge in [0.1, 0.15) is 5.75 Å². The monoisotopic (exact) mass is 449 g/mol. The number of hydrogen-bond donors (Lipinski definition) is 1. The molecule has 0 radical (unpaired) electrons. The molecule has 1 heterocycles. The number of amides is 2. The molecular weight excluding hydrogens is 422 g/mol. The predicted octanol–water partition coefficient (Wildman–Crippen LogP) is 4.73. The Morgan fingerprint density at radius 3 is 2.56 bits per heavy atom. The van der Waals surface area contributed by atoms with E-state index in [9.17, 15) is 9.59 Å². The van der Waals surface area contributed by atoms with Gasteiger partial charge in [-0.1, -0.05) is 50.1 Å². The van der Waals surface area contributed by atoms with Crippen molar-refractivity contribution in [2.24, 2.45) is 16.6 Å². The van der Waals surface area contributed by atoms with Crippen molar-refractivity contribution in [1.29, 1.82) is 0 Å². The van der Waals surface area contributed by atoms with Crippen LogP contribution < -0.4 is 10.5 Å². The molecule has 2 fully saturated rings. The topological polar surface area (TPSA) is 85.0 Å². The van der Waals surface area contributed by atoms with Crippen molar-refractivity contribution in [2.75, 3.05) is 6.61 Å². The molecule has 0 aromatic heterocycles. The first-order valence-electron chi connectivity index (χ1n) is 10.9. The van der Waals surface area contributed by atoms with Gasteiger partial charge in [0.25, 0.3) is 11.8 Å². The molecule has 2 amide bonds. The van der Waals surface area contributed by atoms with E-state index in [1.165, 1.54) is 18.2 Å². The fourth-order valence-corrected chi connectivity index (χ4v) is 5.16. The Morgan fingerprint density at radius 1 is 1.16 bits per heavy atom. The molecule has 0 spiro atoms. The summed E-state index contributed by atoms with van der Waals surface area (Å²) in [6.45, 7) is 2.07. The van der Waals surface area contributed by atoms with Gasteiger partial charge >= 0.3 is 0 Å². The van der Waals surface area contributed by atoms with E-state index >= 15 is 0 Å². The number of primary amides is 1. The van der Waals surface area contributed by atoms with E-state index in [0.717, 1.165) is 35.7 Å². The van der Waals surface area contributed by atoms with Gasteiger partial charge in [0.2, 0.25) is 0 Å². The minimum absolute atomic E-state index is 0.0116. The van der Waals surface area contributed by atoms with Gasteiger partial charge in [-0.2, -0.15) is 0 Å². The number of rotatable bonds is 6. The largest absolute Gasteiger partial charge is 0.484 e. The van der Waals surface area contributed by atoms with Crippen molar-refractivity contribution in [3.63, 3.8) is 0 Å². The Balaban J connectivity index is 1.61. The number of benzene rings is 2. The number of hydrogen-bond acceptors (Lipinski definition) is 5. The van der Waals surface area contributed by atoms with E-state index in [2.05, 4.69) is 6.92 Å². The maximum Gasteiger partial charge on any atom is 0.267 e. The summed E-state index contributed by atoms with van der Waals surface area (Å²) in [5.74, 6) is 0.486. The van der Waals surface area contributed by atoms with E-state index < -0.39 is 5.91 Å². The van der Waals surface area contributed by atoms with Crippen LogP contribution in [0.4, 0.5) is 5.69 Å². The fourth-order valence-electron chi connectivity index (χ4n) is 4.12. The average Bonchev–Trinajstić information content (AvgIpc) is 3.08. The maximum absolute atomic E-state index is 13.5. The van der Waals surface area contributed by atoms with Gasteiger partial charge in [-0.3, -0.25) is 14.5 Å². The molecule has 4 rings (SSSR count). The quantitative estimate of drug-likeness (QED) is 0.646. The molecule has 2 N–H and O–H groups in total. The molecule has 1 aliphatic heterocycles. The molecule has 1 saturated heterocycles. The SMILES string of the molecule is C[C@H]1CCCC[C@@H]1N1C(=O)/C(=C/c2ccc(OCC(N)=O)cc2)SC1=Nc1ccccc1. The van der Waals surface area contributed by atoms with Crippen LogP contribution in [0.3, 0.4) is 0 Å². The molecule has 6 nitrogen and oxygen atoms in total. The molecule has 32 heavy (non-hydrogen) atoms. The minimum Gasteiger partial charge on any atom is -0.484 e. The lowest BCUT2D eigenvalue weighted by Gasteiger charge is -2.35. The van der Waals surface area contributed by atoms with Crippen LogP contribution in [0.15, 0.2) is 64.5 Å². The Morgan fingerprint density at radius 2 is 1.88 bits per heavy atom. The number of thioether (sulfide) groups is 1. The first kappa shape index (κ1) is 22.1. The second kappa shape index (κ2) is 10.0. The zero-order valence-electron chi connectivity index (χ0n) is 18.1. The van der Waals surface area contributed by atoms with E-state index in [4.69, 9.17) is 15.5 Å². The van der Waals surface area contributed by atoms with Crippen LogP contribution in [0.25, 0.3) is 6.08 Å². The van der Waals surface area contributed by atoms with Gasteiger partial charge in [-0.25, -0.2) is 4.99 Å². The van der Waals surface area contributed by atoms with Crippen molar-refractivity contribution in [2.45, 2.75) is 38.6 Å². The van der Waals surface area contributed by atoms with Crippen LogP contribution >= 0.6 is 11.8 Å². The van der Waals surface area contributed by atoms with Gasteiger partial charge in [-0.05, 0) is 66.4 Å². The molecule has 1 aliphatic carbocycles. The van der Waals surface area contributed by atoms with E-state index in [1.54, 1.807) is 12.1 Å². The first-order valence-corrected chi connectivity index (χ1v) is 11.7. The highest BCUT2D eigenvalue weighted by Crippen LogP contribution is 2.40. The lowest BCUT2D eigenvalue weighted by molar-refractivity contribution is -0.125. The highest BCUT2D eigenvalue weighted by molar-refractivity contribution is 8.18. The summed E-state index contributed by atoms with van der Waals surface area (Å²) < 4.78 is 5.31. The lowest BCUT2D eigenvalue weighted by Crippen LogP contribution is -2.44. The third-order valence-electron chi connectivity index (χ3n) is 5.77. The number of ether oxygens (including phenoxy) is 1. The van der Waals surface area contributed by atoms with Crippen molar-refractivity contribution < 1.29 is 14.3 Å². The summed E-state index contributed by atoms with van der Waals surface area (Å²) in [6.07, 6.45) is 6.36. The Kier molecular flexibility index (Phi) is 6.95.